The second kappa shape index (κ2) is 7.34. The van der Waals surface area contributed by atoms with Crippen molar-refractivity contribution in [2.45, 2.75) is 32.6 Å². The number of hydrogen-bond acceptors (Lipinski definition) is 1. The molecule has 0 aliphatic heterocycles. The van der Waals surface area contributed by atoms with Crippen LogP contribution in [-0.2, 0) is 6.42 Å². The van der Waals surface area contributed by atoms with Gasteiger partial charge in [-0.2, -0.15) is 0 Å². The summed E-state index contributed by atoms with van der Waals surface area (Å²) >= 11 is 0. The molecule has 0 bridgehead atoms. The highest BCUT2D eigenvalue weighted by molar-refractivity contribution is 5.18. The van der Waals surface area contributed by atoms with Gasteiger partial charge in [0.1, 0.15) is 11.6 Å². The molecule has 1 aromatic carbocycles. The van der Waals surface area contributed by atoms with Crippen LogP contribution in [0.2, 0.25) is 0 Å². The first kappa shape index (κ1) is 13.1. The molecule has 0 fully saturated rings. The summed E-state index contributed by atoms with van der Waals surface area (Å²) in [4.78, 5) is 0. The summed E-state index contributed by atoms with van der Waals surface area (Å²) in [5.74, 6) is -0.998. The Hall–Kier alpha value is -0.960. The van der Waals surface area contributed by atoms with Crippen LogP contribution >= 0.6 is 0 Å². The van der Waals surface area contributed by atoms with Gasteiger partial charge in [0.2, 0.25) is 0 Å². The molecule has 0 aliphatic carbocycles. The number of nitrogens with one attached hydrogen (secondary N) is 1. The minimum absolute atomic E-state index is 0.499. The summed E-state index contributed by atoms with van der Waals surface area (Å²) in [6.07, 6.45) is 4.26. The van der Waals surface area contributed by atoms with E-state index in [1.165, 1.54) is 25.0 Å². The Balaban J connectivity index is 2.21. The Morgan fingerprint density at radius 1 is 1.00 bits per heavy atom. The first-order valence-corrected chi connectivity index (χ1v) is 5.88. The van der Waals surface area contributed by atoms with Crippen molar-refractivity contribution in [1.29, 1.82) is 0 Å². The summed E-state index contributed by atoms with van der Waals surface area (Å²) in [6.45, 7) is 3.91. The maximum Gasteiger partial charge on any atom is 0.126 e. The Morgan fingerprint density at radius 3 is 2.31 bits per heavy atom. The molecule has 0 saturated carbocycles. The van der Waals surface area contributed by atoms with Crippen molar-refractivity contribution in [2.24, 2.45) is 0 Å². The standard InChI is InChI=1S/C13H19F2N/c1-2-3-4-6-16-7-5-11-8-12(14)10-13(15)9-11/h8-10,16H,2-7H2,1H3. The van der Waals surface area contributed by atoms with E-state index in [9.17, 15) is 8.78 Å². The van der Waals surface area contributed by atoms with Gasteiger partial charge in [-0.3, -0.25) is 0 Å². The molecule has 1 N–H and O–H groups in total. The van der Waals surface area contributed by atoms with Gasteiger partial charge >= 0.3 is 0 Å². The number of benzene rings is 1. The Kier molecular flexibility index (Phi) is 6.01. The molecule has 0 heterocycles. The second-order valence-electron chi connectivity index (χ2n) is 3.98. The first-order valence-electron chi connectivity index (χ1n) is 5.88. The molecule has 16 heavy (non-hydrogen) atoms. The fourth-order valence-corrected chi connectivity index (χ4v) is 1.61. The Bertz CT molecular complexity index is 293. The molecule has 0 amide bonds. The molecule has 0 spiro atoms. The molecule has 1 nitrogen and oxygen atoms in total. The average Bonchev–Trinajstić information content (AvgIpc) is 2.22. The normalized spacial score (nSPS) is 10.7. The smallest absolute Gasteiger partial charge is 0.126 e. The molecule has 1 rings (SSSR count). The molecule has 1 aromatic rings. The second-order valence-corrected chi connectivity index (χ2v) is 3.98. The zero-order chi connectivity index (χ0) is 11.8. The Labute approximate surface area is 95.9 Å². The van der Waals surface area contributed by atoms with Gasteiger partial charge in [-0.05, 0) is 43.6 Å². The van der Waals surface area contributed by atoms with Crippen LogP contribution in [0.25, 0.3) is 0 Å². The third kappa shape index (κ3) is 5.21. The van der Waals surface area contributed by atoms with E-state index in [1.54, 1.807) is 0 Å². The van der Waals surface area contributed by atoms with Crippen molar-refractivity contribution in [3.63, 3.8) is 0 Å². The molecule has 90 valence electrons. The summed E-state index contributed by atoms with van der Waals surface area (Å²) < 4.78 is 25.7. The van der Waals surface area contributed by atoms with Crippen molar-refractivity contribution >= 4 is 0 Å². The van der Waals surface area contributed by atoms with E-state index in [2.05, 4.69) is 12.2 Å². The van der Waals surface area contributed by atoms with Crippen molar-refractivity contribution in [3.8, 4) is 0 Å². The predicted octanol–water partition coefficient (Wildman–Crippen LogP) is 3.29. The van der Waals surface area contributed by atoms with Crippen molar-refractivity contribution in [1.82, 2.24) is 5.32 Å². The van der Waals surface area contributed by atoms with Crippen LogP contribution in [0.4, 0.5) is 8.78 Å². The molecule has 0 aliphatic rings. The van der Waals surface area contributed by atoms with E-state index in [0.29, 0.717) is 12.0 Å². The van der Waals surface area contributed by atoms with E-state index in [1.807, 2.05) is 0 Å². The maximum atomic E-state index is 12.8. The topological polar surface area (TPSA) is 12.0 Å². The van der Waals surface area contributed by atoms with Crippen LogP contribution in [0.1, 0.15) is 31.7 Å². The fourth-order valence-electron chi connectivity index (χ4n) is 1.61. The lowest BCUT2D eigenvalue weighted by Crippen LogP contribution is -2.18. The molecular formula is C13H19F2N. The van der Waals surface area contributed by atoms with Gasteiger partial charge in [-0.15, -0.1) is 0 Å². The zero-order valence-corrected chi connectivity index (χ0v) is 9.73. The molecule has 3 heteroatoms. The lowest BCUT2D eigenvalue weighted by Gasteiger charge is -2.04. The quantitative estimate of drug-likeness (QED) is 0.705. The summed E-state index contributed by atoms with van der Waals surface area (Å²) in [7, 11) is 0. The molecule has 0 atom stereocenters. The monoisotopic (exact) mass is 227 g/mol. The van der Waals surface area contributed by atoms with E-state index in [4.69, 9.17) is 0 Å². The minimum atomic E-state index is -0.499. The van der Waals surface area contributed by atoms with Crippen LogP contribution in [0, 0.1) is 11.6 Å². The summed E-state index contributed by atoms with van der Waals surface area (Å²) in [5.41, 5.74) is 0.709. The predicted molar refractivity (Wildman–Crippen MR) is 62.5 cm³/mol. The average molecular weight is 227 g/mol. The van der Waals surface area contributed by atoms with Gasteiger partial charge in [0.25, 0.3) is 0 Å². The molecule has 0 unspecified atom stereocenters. The van der Waals surface area contributed by atoms with Crippen molar-refractivity contribution < 1.29 is 8.78 Å². The third-order valence-corrected chi connectivity index (χ3v) is 2.47. The lowest BCUT2D eigenvalue weighted by molar-refractivity contribution is 0.575. The highest BCUT2D eigenvalue weighted by atomic mass is 19.1. The minimum Gasteiger partial charge on any atom is -0.316 e. The van der Waals surface area contributed by atoms with Crippen LogP contribution in [0.15, 0.2) is 18.2 Å². The lowest BCUT2D eigenvalue weighted by atomic mass is 10.1. The van der Waals surface area contributed by atoms with E-state index >= 15 is 0 Å². The van der Waals surface area contributed by atoms with Gasteiger partial charge < -0.3 is 5.32 Å². The van der Waals surface area contributed by atoms with E-state index in [0.717, 1.165) is 25.6 Å². The molecule has 0 radical (unpaired) electrons. The fraction of sp³-hybridized carbons (Fsp3) is 0.538. The van der Waals surface area contributed by atoms with E-state index < -0.39 is 11.6 Å². The molecular weight excluding hydrogens is 208 g/mol. The van der Waals surface area contributed by atoms with Crippen LogP contribution < -0.4 is 5.32 Å². The SMILES string of the molecule is CCCCCNCCc1cc(F)cc(F)c1. The van der Waals surface area contributed by atoms with Gasteiger partial charge in [-0.25, -0.2) is 8.78 Å². The summed E-state index contributed by atoms with van der Waals surface area (Å²) in [5, 5.41) is 3.26. The van der Waals surface area contributed by atoms with Crippen LogP contribution in [-0.4, -0.2) is 13.1 Å². The highest BCUT2D eigenvalue weighted by Crippen LogP contribution is 2.08. The largest absolute Gasteiger partial charge is 0.316 e. The maximum absolute atomic E-state index is 12.8. The van der Waals surface area contributed by atoms with Crippen molar-refractivity contribution in [3.05, 3.63) is 35.4 Å². The van der Waals surface area contributed by atoms with Crippen LogP contribution in [0.3, 0.4) is 0 Å². The highest BCUT2D eigenvalue weighted by Gasteiger charge is 1.99. The number of halogens is 2. The van der Waals surface area contributed by atoms with Gasteiger partial charge in [0, 0.05) is 6.07 Å². The third-order valence-electron chi connectivity index (χ3n) is 2.47. The zero-order valence-electron chi connectivity index (χ0n) is 9.73. The van der Waals surface area contributed by atoms with Crippen LogP contribution in [0.5, 0.6) is 0 Å². The molecule has 0 saturated heterocycles. The molecule has 0 aromatic heterocycles. The Morgan fingerprint density at radius 2 is 1.69 bits per heavy atom. The number of hydrogen-bond donors (Lipinski definition) is 1. The first-order chi connectivity index (χ1) is 7.72. The van der Waals surface area contributed by atoms with E-state index in [-0.39, 0.29) is 0 Å². The van der Waals surface area contributed by atoms with Gasteiger partial charge in [0.15, 0.2) is 0 Å². The van der Waals surface area contributed by atoms with Gasteiger partial charge in [0.05, 0.1) is 0 Å². The van der Waals surface area contributed by atoms with Gasteiger partial charge in [-0.1, -0.05) is 19.8 Å². The number of unbranched alkanes of at least 4 members (excludes halogenated alkanes) is 2. The van der Waals surface area contributed by atoms with Crippen molar-refractivity contribution in [2.75, 3.05) is 13.1 Å². The summed E-state index contributed by atoms with van der Waals surface area (Å²) in [6, 6.07) is 3.67. The number of rotatable bonds is 7.